The molecule has 3 amide bonds. The molecule has 27 heavy (non-hydrogen) atoms. The summed E-state index contributed by atoms with van der Waals surface area (Å²) in [6.07, 6.45) is 0.634. The Balaban J connectivity index is 1.44. The van der Waals surface area contributed by atoms with Crippen LogP contribution in [0.1, 0.15) is 39.1 Å². The number of carbonyl (C=O) groups is 3. The van der Waals surface area contributed by atoms with E-state index in [0.717, 1.165) is 10.0 Å². The van der Waals surface area contributed by atoms with Crippen molar-refractivity contribution in [3.8, 4) is 11.8 Å². The van der Waals surface area contributed by atoms with Gasteiger partial charge in [-0.05, 0) is 36.8 Å². The highest BCUT2D eigenvalue weighted by molar-refractivity contribution is 9.10. The number of imide groups is 1. The summed E-state index contributed by atoms with van der Waals surface area (Å²) in [5, 5.41) is 2.72. The maximum atomic E-state index is 12.3. The molecule has 1 heterocycles. The van der Waals surface area contributed by atoms with Crippen LogP contribution in [0.25, 0.3) is 0 Å². The van der Waals surface area contributed by atoms with Gasteiger partial charge in [0.25, 0.3) is 11.8 Å². The van der Waals surface area contributed by atoms with E-state index >= 15 is 0 Å². The van der Waals surface area contributed by atoms with Crippen LogP contribution in [0, 0.1) is 11.8 Å². The molecule has 0 spiro atoms. The number of benzene rings is 2. The van der Waals surface area contributed by atoms with Gasteiger partial charge in [-0.25, -0.2) is 0 Å². The Hall–Kier alpha value is -2.91. The second-order valence-corrected chi connectivity index (χ2v) is 6.92. The number of carbonyl (C=O) groups excluding carboxylic acids is 3. The maximum Gasteiger partial charge on any atom is 0.261 e. The Morgan fingerprint density at radius 3 is 2.56 bits per heavy atom. The lowest BCUT2D eigenvalue weighted by molar-refractivity contribution is -0.121. The molecule has 1 N–H and O–H groups in total. The van der Waals surface area contributed by atoms with E-state index < -0.39 is 0 Å². The third-order valence-electron chi connectivity index (χ3n) is 4.10. The van der Waals surface area contributed by atoms with Crippen molar-refractivity contribution in [3.05, 3.63) is 69.7 Å². The van der Waals surface area contributed by atoms with E-state index in [1.807, 2.05) is 30.3 Å². The topological polar surface area (TPSA) is 66.5 Å². The number of hydrogen-bond donors (Lipinski definition) is 1. The summed E-state index contributed by atoms with van der Waals surface area (Å²) >= 11 is 3.30. The molecule has 6 heteroatoms. The summed E-state index contributed by atoms with van der Waals surface area (Å²) in [5.74, 6) is 5.07. The minimum absolute atomic E-state index is 0.156. The fourth-order valence-electron chi connectivity index (χ4n) is 2.76. The molecule has 2 aromatic rings. The summed E-state index contributed by atoms with van der Waals surface area (Å²) in [4.78, 5) is 37.7. The molecule has 5 nitrogen and oxygen atoms in total. The van der Waals surface area contributed by atoms with Gasteiger partial charge >= 0.3 is 0 Å². The van der Waals surface area contributed by atoms with E-state index in [4.69, 9.17) is 0 Å². The van der Waals surface area contributed by atoms with Crippen LogP contribution in [-0.2, 0) is 4.79 Å². The molecule has 0 unspecified atom stereocenters. The molecule has 0 saturated carbocycles. The minimum atomic E-state index is -0.314. The molecule has 0 saturated heterocycles. The highest BCUT2D eigenvalue weighted by Crippen LogP contribution is 2.26. The molecule has 0 aromatic heterocycles. The molecule has 0 bridgehead atoms. The maximum absolute atomic E-state index is 12.3. The minimum Gasteiger partial charge on any atom is -0.345 e. The fraction of sp³-hybridized carbons (Fsp3) is 0.190. The first-order chi connectivity index (χ1) is 13.1. The number of amides is 3. The number of nitrogens with zero attached hydrogens (tertiary/aromatic N) is 1. The van der Waals surface area contributed by atoms with Crippen molar-refractivity contribution < 1.29 is 14.4 Å². The van der Waals surface area contributed by atoms with Crippen LogP contribution in [0.15, 0.2) is 53.0 Å². The SMILES string of the molecule is O=C(CCCN1C(=O)c2ccc(Br)cc2C1=O)NCC#Cc1ccccc1. The Bertz CT molecular complexity index is 945. The molecule has 2 aromatic carbocycles. The first-order valence-corrected chi connectivity index (χ1v) is 9.32. The number of halogens is 1. The summed E-state index contributed by atoms with van der Waals surface area (Å²) in [6.45, 7) is 0.474. The van der Waals surface area contributed by atoms with Crippen molar-refractivity contribution in [1.82, 2.24) is 10.2 Å². The first-order valence-electron chi connectivity index (χ1n) is 8.52. The molecule has 3 rings (SSSR count). The van der Waals surface area contributed by atoms with Gasteiger partial charge in [-0.1, -0.05) is 46.0 Å². The predicted molar refractivity (Wildman–Crippen MR) is 105 cm³/mol. The van der Waals surface area contributed by atoms with Crippen molar-refractivity contribution >= 4 is 33.7 Å². The van der Waals surface area contributed by atoms with Crippen molar-refractivity contribution in [2.24, 2.45) is 0 Å². The number of nitrogens with one attached hydrogen (secondary N) is 1. The zero-order chi connectivity index (χ0) is 19.2. The lowest BCUT2D eigenvalue weighted by Crippen LogP contribution is -2.32. The summed E-state index contributed by atoms with van der Waals surface area (Å²) in [7, 11) is 0. The Morgan fingerprint density at radius 1 is 1.04 bits per heavy atom. The third kappa shape index (κ3) is 4.63. The Kier molecular flexibility index (Phi) is 6.05. The summed E-state index contributed by atoms with van der Waals surface area (Å²) < 4.78 is 0.750. The van der Waals surface area contributed by atoms with Crippen LogP contribution >= 0.6 is 15.9 Å². The summed E-state index contributed by atoms with van der Waals surface area (Å²) in [6, 6.07) is 14.5. The van der Waals surface area contributed by atoms with Gasteiger partial charge in [-0.15, -0.1) is 0 Å². The van der Waals surface area contributed by atoms with Crippen LogP contribution < -0.4 is 5.32 Å². The quantitative estimate of drug-likeness (QED) is 0.592. The normalized spacial score (nSPS) is 12.4. The van der Waals surface area contributed by atoms with Gasteiger partial charge in [0.05, 0.1) is 17.7 Å². The van der Waals surface area contributed by atoms with Gasteiger partial charge in [-0.3, -0.25) is 19.3 Å². The lowest BCUT2D eigenvalue weighted by atomic mass is 10.1. The zero-order valence-electron chi connectivity index (χ0n) is 14.5. The molecular formula is C21H17BrN2O3. The van der Waals surface area contributed by atoms with Gasteiger partial charge in [0, 0.05) is 23.0 Å². The van der Waals surface area contributed by atoms with Gasteiger partial charge in [0.15, 0.2) is 0 Å². The summed E-state index contributed by atoms with van der Waals surface area (Å²) in [5.41, 5.74) is 1.70. The average molecular weight is 425 g/mol. The standard InChI is InChI=1S/C21H17BrN2O3/c22-16-10-11-17-18(14-16)21(27)24(20(17)26)13-5-9-19(25)23-12-4-8-15-6-2-1-3-7-15/h1-3,6-7,10-11,14H,5,9,12-13H2,(H,23,25). The number of fused-ring (bicyclic) bond motifs is 1. The number of hydrogen-bond acceptors (Lipinski definition) is 3. The third-order valence-corrected chi connectivity index (χ3v) is 4.59. The van der Waals surface area contributed by atoms with E-state index in [0.29, 0.717) is 17.5 Å². The molecule has 1 aliphatic heterocycles. The lowest BCUT2D eigenvalue weighted by Gasteiger charge is -2.13. The number of rotatable bonds is 5. The van der Waals surface area contributed by atoms with E-state index in [2.05, 4.69) is 33.1 Å². The second-order valence-electron chi connectivity index (χ2n) is 6.00. The average Bonchev–Trinajstić information content (AvgIpc) is 2.90. The van der Waals surface area contributed by atoms with Crippen LogP contribution in [0.5, 0.6) is 0 Å². The van der Waals surface area contributed by atoms with E-state index in [9.17, 15) is 14.4 Å². The predicted octanol–water partition coefficient (Wildman–Crippen LogP) is 2.99. The smallest absolute Gasteiger partial charge is 0.261 e. The van der Waals surface area contributed by atoms with Crippen LogP contribution in [0.2, 0.25) is 0 Å². The largest absolute Gasteiger partial charge is 0.345 e. The molecule has 0 aliphatic carbocycles. The van der Waals surface area contributed by atoms with Crippen LogP contribution in [0.3, 0.4) is 0 Å². The van der Waals surface area contributed by atoms with Gasteiger partial charge in [-0.2, -0.15) is 0 Å². The molecule has 136 valence electrons. The monoisotopic (exact) mass is 424 g/mol. The van der Waals surface area contributed by atoms with Crippen LogP contribution in [-0.4, -0.2) is 35.7 Å². The Labute approximate surface area is 165 Å². The molecule has 0 fully saturated rings. The molecular weight excluding hydrogens is 408 g/mol. The van der Waals surface area contributed by atoms with Crippen molar-refractivity contribution in [3.63, 3.8) is 0 Å². The van der Waals surface area contributed by atoms with Gasteiger partial charge < -0.3 is 5.32 Å². The van der Waals surface area contributed by atoms with E-state index in [1.54, 1.807) is 18.2 Å². The molecule has 0 radical (unpaired) electrons. The van der Waals surface area contributed by atoms with Crippen LogP contribution in [0.4, 0.5) is 0 Å². The highest BCUT2D eigenvalue weighted by Gasteiger charge is 2.35. The second kappa shape index (κ2) is 8.65. The zero-order valence-corrected chi connectivity index (χ0v) is 16.1. The van der Waals surface area contributed by atoms with Gasteiger partial charge in [0.1, 0.15) is 0 Å². The van der Waals surface area contributed by atoms with Crippen molar-refractivity contribution in [1.29, 1.82) is 0 Å². The van der Waals surface area contributed by atoms with Crippen molar-refractivity contribution in [2.45, 2.75) is 12.8 Å². The fourth-order valence-corrected chi connectivity index (χ4v) is 3.12. The van der Waals surface area contributed by atoms with E-state index in [-0.39, 0.29) is 37.2 Å². The Morgan fingerprint density at radius 2 is 1.78 bits per heavy atom. The molecule has 0 atom stereocenters. The van der Waals surface area contributed by atoms with E-state index in [1.165, 1.54) is 4.90 Å². The molecule has 1 aliphatic rings. The van der Waals surface area contributed by atoms with Crippen molar-refractivity contribution in [2.75, 3.05) is 13.1 Å². The van der Waals surface area contributed by atoms with Gasteiger partial charge in [0.2, 0.25) is 5.91 Å². The highest BCUT2D eigenvalue weighted by atomic mass is 79.9. The first kappa shape index (κ1) is 18.9.